The van der Waals surface area contributed by atoms with Crippen LogP contribution in [0.2, 0.25) is 5.15 Å². The zero-order valence-electron chi connectivity index (χ0n) is 14.6. The fraction of sp³-hybridized carbons (Fsp3) is 0.222. The summed E-state index contributed by atoms with van der Waals surface area (Å²) in [7, 11) is 0. The summed E-state index contributed by atoms with van der Waals surface area (Å²) in [6.07, 6.45) is 2.73. The summed E-state index contributed by atoms with van der Waals surface area (Å²) in [5.41, 5.74) is -1.19. The van der Waals surface area contributed by atoms with Crippen molar-refractivity contribution in [2.75, 3.05) is 0 Å². The molecular formula is C18H14ClF2N5OS. The molecule has 1 aromatic carbocycles. The Balaban J connectivity index is 1.83. The molecule has 3 aromatic heterocycles. The molecule has 3 heterocycles. The van der Waals surface area contributed by atoms with Crippen LogP contribution in [0.3, 0.4) is 0 Å². The van der Waals surface area contributed by atoms with E-state index in [9.17, 15) is 13.9 Å². The number of fused-ring (bicyclic) bond motifs is 1. The predicted molar refractivity (Wildman–Crippen MR) is 101 cm³/mol. The molecule has 28 heavy (non-hydrogen) atoms. The summed E-state index contributed by atoms with van der Waals surface area (Å²) in [6, 6.07) is 6.44. The maximum Gasteiger partial charge on any atom is 0.145 e. The van der Waals surface area contributed by atoms with E-state index in [1.54, 1.807) is 19.1 Å². The zero-order chi connectivity index (χ0) is 19.9. The van der Waals surface area contributed by atoms with Gasteiger partial charge in [0.2, 0.25) is 0 Å². The van der Waals surface area contributed by atoms with Crippen LogP contribution in [0, 0.1) is 11.6 Å². The van der Waals surface area contributed by atoms with Crippen LogP contribution in [-0.2, 0) is 12.1 Å². The highest BCUT2D eigenvalue weighted by Crippen LogP contribution is 2.41. The molecule has 144 valence electrons. The standard InChI is InChI=1S/C18H14ClF2N5OS/c1-10(16-24-14-4-5-15(19)25-17(14)28-16)18(27,7-26-9-22-8-23-26)12-3-2-11(20)6-13(12)21/h2-6,8-10,27H,7H2,1H3. The van der Waals surface area contributed by atoms with Gasteiger partial charge in [0.1, 0.15) is 50.4 Å². The molecule has 0 spiro atoms. The van der Waals surface area contributed by atoms with Crippen LogP contribution in [-0.4, -0.2) is 29.8 Å². The predicted octanol–water partition coefficient (Wildman–Crippen LogP) is 3.91. The Morgan fingerprint density at radius 1 is 1.25 bits per heavy atom. The summed E-state index contributed by atoms with van der Waals surface area (Å²) < 4.78 is 29.4. The first kappa shape index (κ1) is 18.9. The summed E-state index contributed by atoms with van der Waals surface area (Å²) in [6.45, 7) is 1.62. The minimum Gasteiger partial charge on any atom is -0.382 e. The molecule has 1 N–H and O–H groups in total. The highest BCUT2D eigenvalue weighted by molar-refractivity contribution is 7.18. The Hall–Kier alpha value is -2.49. The van der Waals surface area contributed by atoms with Gasteiger partial charge in [-0.25, -0.2) is 28.4 Å². The average molecular weight is 422 g/mol. The van der Waals surface area contributed by atoms with Gasteiger partial charge in [-0.15, -0.1) is 0 Å². The highest BCUT2D eigenvalue weighted by Gasteiger charge is 2.41. The topological polar surface area (TPSA) is 76.7 Å². The molecule has 0 radical (unpaired) electrons. The van der Waals surface area contributed by atoms with Crippen molar-refractivity contribution in [1.82, 2.24) is 24.7 Å². The quantitative estimate of drug-likeness (QED) is 0.494. The van der Waals surface area contributed by atoms with E-state index in [1.807, 2.05) is 0 Å². The van der Waals surface area contributed by atoms with Crippen molar-refractivity contribution in [1.29, 1.82) is 0 Å². The third kappa shape index (κ3) is 3.36. The van der Waals surface area contributed by atoms with Crippen molar-refractivity contribution in [3.05, 3.63) is 70.3 Å². The van der Waals surface area contributed by atoms with Gasteiger partial charge in [-0.2, -0.15) is 5.10 Å². The number of aromatic nitrogens is 5. The average Bonchev–Trinajstić information content (AvgIpc) is 3.29. The van der Waals surface area contributed by atoms with E-state index in [0.29, 0.717) is 20.5 Å². The van der Waals surface area contributed by atoms with Gasteiger partial charge in [0.25, 0.3) is 0 Å². The van der Waals surface area contributed by atoms with Gasteiger partial charge in [0.15, 0.2) is 0 Å². The van der Waals surface area contributed by atoms with E-state index in [1.165, 1.54) is 34.7 Å². The summed E-state index contributed by atoms with van der Waals surface area (Å²) in [5, 5.41) is 16.5. The van der Waals surface area contributed by atoms with Crippen LogP contribution in [0.4, 0.5) is 8.78 Å². The van der Waals surface area contributed by atoms with Crippen LogP contribution in [0.15, 0.2) is 43.0 Å². The van der Waals surface area contributed by atoms with E-state index in [4.69, 9.17) is 11.6 Å². The number of rotatable bonds is 5. The van der Waals surface area contributed by atoms with Crippen molar-refractivity contribution in [3.63, 3.8) is 0 Å². The first-order valence-electron chi connectivity index (χ1n) is 8.30. The SMILES string of the molecule is CC(c1nc2ccc(Cl)nc2s1)C(O)(Cn1cncn1)c1ccc(F)cc1F. The highest BCUT2D eigenvalue weighted by atomic mass is 35.5. The first-order valence-corrected chi connectivity index (χ1v) is 9.49. The number of halogens is 3. The Kier molecular flexibility index (Phi) is 4.82. The van der Waals surface area contributed by atoms with Gasteiger partial charge in [0, 0.05) is 17.5 Å². The fourth-order valence-electron chi connectivity index (χ4n) is 3.06. The fourth-order valence-corrected chi connectivity index (χ4v) is 4.33. The molecule has 0 saturated heterocycles. The van der Waals surface area contributed by atoms with Crippen LogP contribution >= 0.6 is 22.9 Å². The maximum absolute atomic E-state index is 14.6. The van der Waals surface area contributed by atoms with Gasteiger partial charge in [-0.1, -0.05) is 35.9 Å². The lowest BCUT2D eigenvalue weighted by Gasteiger charge is -2.33. The lowest BCUT2D eigenvalue weighted by atomic mass is 9.82. The second kappa shape index (κ2) is 7.16. The Morgan fingerprint density at radius 2 is 2.07 bits per heavy atom. The van der Waals surface area contributed by atoms with Crippen molar-refractivity contribution in [2.45, 2.75) is 25.0 Å². The summed E-state index contributed by atoms with van der Waals surface area (Å²) in [4.78, 5) is 13.2. The summed E-state index contributed by atoms with van der Waals surface area (Å²) in [5.74, 6) is -2.23. The molecule has 0 fully saturated rings. The van der Waals surface area contributed by atoms with Gasteiger partial charge < -0.3 is 5.11 Å². The molecule has 2 atom stereocenters. The minimum absolute atomic E-state index is 0.0536. The van der Waals surface area contributed by atoms with E-state index >= 15 is 0 Å². The van der Waals surface area contributed by atoms with Crippen molar-refractivity contribution in [2.24, 2.45) is 0 Å². The van der Waals surface area contributed by atoms with E-state index < -0.39 is 23.2 Å². The lowest BCUT2D eigenvalue weighted by molar-refractivity contribution is -0.0112. The Bertz CT molecular complexity index is 1140. The van der Waals surface area contributed by atoms with Crippen molar-refractivity contribution < 1.29 is 13.9 Å². The largest absolute Gasteiger partial charge is 0.382 e. The molecule has 4 rings (SSSR count). The van der Waals surface area contributed by atoms with Gasteiger partial charge in [-0.3, -0.25) is 0 Å². The number of nitrogens with zero attached hydrogens (tertiary/aromatic N) is 5. The smallest absolute Gasteiger partial charge is 0.145 e. The molecule has 4 aromatic rings. The van der Waals surface area contributed by atoms with Gasteiger partial charge in [0.05, 0.1) is 6.54 Å². The second-order valence-corrected chi connectivity index (χ2v) is 7.77. The molecule has 6 nitrogen and oxygen atoms in total. The van der Waals surface area contributed by atoms with E-state index in [2.05, 4.69) is 20.1 Å². The van der Waals surface area contributed by atoms with Crippen LogP contribution < -0.4 is 0 Å². The number of hydrogen-bond acceptors (Lipinski definition) is 6. The molecule has 2 unspecified atom stereocenters. The Labute approximate surface area is 167 Å². The maximum atomic E-state index is 14.6. The van der Waals surface area contributed by atoms with Crippen molar-refractivity contribution in [3.8, 4) is 0 Å². The monoisotopic (exact) mass is 421 g/mol. The van der Waals surface area contributed by atoms with E-state index in [-0.39, 0.29) is 12.1 Å². The van der Waals surface area contributed by atoms with E-state index in [0.717, 1.165) is 12.1 Å². The molecule has 0 aliphatic heterocycles. The van der Waals surface area contributed by atoms with Crippen LogP contribution in [0.5, 0.6) is 0 Å². The molecule has 10 heteroatoms. The number of pyridine rings is 1. The molecular weight excluding hydrogens is 408 g/mol. The van der Waals surface area contributed by atoms with Gasteiger partial charge in [-0.05, 0) is 18.2 Å². The number of benzene rings is 1. The van der Waals surface area contributed by atoms with Gasteiger partial charge >= 0.3 is 0 Å². The third-order valence-corrected chi connectivity index (χ3v) is 5.95. The summed E-state index contributed by atoms with van der Waals surface area (Å²) >= 11 is 7.19. The molecule has 0 aliphatic rings. The zero-order valence-corrected chi connectivity index (χ0v) is 16.1. The first-order chi connectivity index (χ1) is 13.4. The minimum atomic E-state index is -1.76. The number of hydrogen-bond donors (Lipinski definition) is 1. The number of aliphatic hydroxyl groups is 1. The molecule has 0 aliphatic carbocycles. The Morgan fingerprint density at radius 3 is 2.79 bits per heavy atom. The van der Waals surface area contributed by atoms with Crippen LogP contribution in [0.25, 0.3) is 10.3 Å². The normalized spacial score (nSPS) is 14.9. The molecule has 0 amide bonds. The van der Waals surface area contributed by atoms with Crippen molar-refractivity contribution >= 4 is 33.3 Å². The lowest BCUT2D eigenvalue weighted by Crippen LogP contribution is -2.38. The second-order valence-electron chi connectivity index (χ2n) is 6.37. The third-order valence-electron chi connectivity index (χ3n) is 4.59. The van der Waals surface area contributed by atoms with Crippen LogP contribution in [0.1, 0.15) is 23.4 Å². The number of thiazole rings is 1. The molecule has 0 saturated carbocycles. The molecule has 0 bridgehead atoms.